The molecule has 0 radical (unpaired) electrons. The van der Waals surface area contributed by atoms with E-state index < -0.39 is 5.97 Å². The number of carboxylic acids is 1. The van der Waals surface area contributed by atoms with Gasteiger partial charge in [0.1, 0.15) is 4.83 Å². The van der Waals surface area contributed by atoms with Crippen LogP contribution in [0.25, 0.3) is 21.3 Å². The molecule has 5 nitrogen and oxygen atoms in total. The van der Waals surface area contributed by atoms with Crippen LogP contribution in [-0.2, 0) is 6.54 Å². The van der Waals surface area contributed by atoms with E-state index in [9.17, 15) is 14.7 Å². The van der Waals surface area contributed by atoms with Crippen molar-refractivity contribution in [3.8, 4) is 11.1 Å². The molecule has 26 heavy (non-hydrogen) atoms. The van der Waals surface area contributed by atoms with Gasteiger partial charge < -0.3 is 9.90 Å². The van der Waals surface area contributed by atoms with Crippen LogP contribution >= 0.6 is 11.3 Å². The molecule has 2 heterocycles. The first-order chi connectivity index (χ1) is 12.6. The van der Waals surface area contributed by atoms with Crippen molar-refractivity contribution < 1.29 is 9.90 Å². The summed E-state index contributed by atoms with van der Waals surface area (Å²) in [5, 5.41) is 13.4. The lowest BCUT2D eigenvalue weighted by Gasteiger charge is -2.08. The molecule has 128 valence electrons. The summed E-state index contributed by atoms with van der Waals surface area (Å²) in [6.45, 7) is 0.319. The second kappa shape index (κ2) is 6.57. The molecule has 4 rings (SSSR count). The standard InChI is InChI=1S/C20H14N2O3S/c23-19-17-16(14-4-2-1-3-5-14)11-26-18(17)21-12-22(19)10-13-6-8-15(9-7-13)20(24)25/h1-9,11-12H,10H2,(H,24,25)/p-1. The van der Waals surface area contributed by atoms with Gasteiger partial charge in [0.05, 0.1) is 24.2 Å². The predicted octanol–water partition coefficient (Wildman–Crippen LogP) is 2.54. The normalized spacial score (nSPS) is 10.9. The van der Waals surface area contributed by atoms with E-state index in [0.717, 1.165) is 16.7 Å². The van der Waals surface area contributed by atoms with Gasteiger partial charge in [-0.3, -0.25) is 9.36 Å². The van der Waals surface area contributed by atoms with E-state index >= 15 is 0 Å². The van der Waals surface area contributed by atoms with Crippen LogP contribution in [0.5, 0.6) is 0 Å². The maximum absolute atomic E-state index is 13.0. The van der Waals surface area contributed by atoms with Gasteiger partial charge in [-0.2, -0.15) is 0 Å². The van der Waals surface area contributed by atoms with Gasteiger partial charge in [0.15, 0.2) is 0 Å². The van der Waals surface area contributed by atoms with Crippen LogP contribution < -0.4 is 10.7 Å². The summed E-state index contributed by atoms with van der Waals surface area (Å²) in [6, 6.07) is 16.0. The summed E-state index contributed by atoms with van der Waals surface area (Å²) in [7, 11) is 0. The van der Waals surface area contributed by atoms with Crippen molar-refractivity contribution in [2.24, 2.45) is 0 Å². The van der Waals surface area contributed by atoms with Crippen LogP contribution in [0.4, 0.5) is 0 Å². The maximum atomic E-state index is 13.0. The molecular formula is C20H13N2O3S-. The number of carbonyl (C=O) groups is 1. The van der Waals surface area contributed by atoms with Crippen molar-refractivity contribution in [2.45, 2.75) is 6.54 Å². The average molecular weight is 361 g/mol. The van der Waals surface area contributed by atoms with Gasteiger partial charge in [-0.25, -0.2) is 4.98 Å². The molecule has 2 aromatic heterocycles. The smallest absolute Gasteiger partial charge is 0.263 e. The Hall–Kier alpha value is -3.25. The minimum atomic E-state index is -1.22. The number of carbonyl (C=O) groups excluding carboxylic acids is 1. The van der Waals surface area contributed by atoms with Gasteiger partial charge in [-0.05, 0) is 16.7 Å². The van der Waals surface area contributed by atoms with Crippen molar-refractivity contribution in [3.05, 3.63) is 87.8 Å². The minimum Gasteiger partial charge on any atom is -0.545 e. The fraction of sp³-hybridized carbons (Fsp3) is 0.0500. The summed E-state index contributed by atoms with van der Waals surface area (Å²) in [6.07, 6.45) is 1.53. The van der Waals surface area contributed by atoms with Crippen molar-refractivity contribution in [3.63, 3.8) is 0 Å². The molecule has 0 saturated carbocycles. The molecule has 0 saturated heterocycles. The number of aromatic nitrogens is 2. The summed E-state index contributed by atoms with van der Waals surface area (Å²) in [5.41, 5.74) is 2.67. The third-order valence-corrected chi connectivity index (χ3v) is 5.07. The molecule has 0 aliphatic carbocycles. The van der Waals surface area contributed by atoms with Crippen LogP contribution in [0.2, 0.25) is 0 Å². The molecule has 0 fully saturated rings. The highest BCUT2D eigenvalue weighted by Gasteiger charge is 2.13. The number of hydrogen-bond donors (Lipinski definition) is 0. The number of rotatable bonds is 4. The number of nitrogens with zero attached hydrogens (tertiary/aromatic N) is 2. The minimum absolute atomic E-state index is 0.110. The van der Waals surface area contributed by atoms with Crippen molar-refractivity contribution in [1.82, 2.24) is 9.55 Å². The van der Waals surface area contributed by atoms with E-state index in [1.165, 1.54) is 34.4 Å². The fourth-order valence-electron chi connectivity index (χ4n) is 2.85. The predicted molar refractivity (Wildman–Crippen MR) is 99.2 cm³/mol. The molecule has 2 aromatic carbocycles. The Morgan fingerprint density at radius 1 is 1.08 bits per heavy atom. The Morgan fingerprint density at radius 3 is 2.50 bits per heavy atom. The Kier molecular flexibility index (Phi) is 4.10. The molecule has 0 unspecified atom stereocenters. The van der Waals surface area contributed by atoms with Crippen molar-refractivity contribution >= 4 is 27.5 Å². The highest BCUT2D eigenvalue weighted by Crippen LogP contribution is 2.30. The summed E-state index contributed by atoms with van der Waals surface area (Å²) in [5.74, 6) is -1.22. The van der Waals surface area contributed by atoms with Gasteiger partial charge in [-0.1, -0.05) is 54.6 Å². The maximum Gasteiger partial charge on any atom is 0.263 e. The molecule has 0 N–H and O–H groups in total. The molecule has 0 atom stereocenters. The van der Waals surface area contributed by atoms with Crippen LogP contribution in [-0.4, -0.2) is 15.5 Å². The van der Waals surface area contributed by atoms with E-state index in [0.29, 0.717) is 16.8 Å². The summed E-state index contributed by atoms with van der Waals surface area (Å²) < 4.78 is 1.54. The van der Waals surface area contributed by atoms with Crippen LogP contribution in [0.3, 0.4) is 0 Å². The number of hydrogen-bond acceptors (Lipinski definition) is 5. The molecule has 4 aromatic rings. The zero-order valence-electron chi connectivity index (χ0n) is 13.6. The zero-order chi connectivity index (χ0) is 18.1. The lowest BCUT2D eigenvalue weighted by Crippen LogP contribution is -2.22. The van der Waals surface area contributed by atoms with Gasteiger partial charge in [0.25, 0.3) is 5.56 Å². The van der Waals surface area contributed by atoms with Gasteiger partial charge >= 0.3 is 0 Å². The summed E-state index contributed by atoms with van der Waals surface area (Å²) >= 11 is 1.45. The SMILES string of the molecule is O=C([O-])c1ccc(Cn2cnc3scc(-c4ccccc4)c3c2=O)cc1. The molecule has 0 bridgehead atoms. The third-order valence-electron chi connectivity index (χ3n) is 4.19. The van der Waals surface area contributed by atoms with E-state index in [2.05, 4.69) is 4.98 Å². The Labute approximate surface area is 152 Å². The molecule has 0 aliphatic heterocycles. The summed E-state index contributed by atoms with van der Waals surface area (Å²) in [4.78, 5) is 28.9. The quantitative estimate of drug-likeness (QED) is 0.560. The Bertz CT molecular complexity index is 1150. The van der Waals surface area contributed by atoms with Crippen molar-refractivity contribution in [2.75, 3.05) is 0 Å². The number of benzene rings is 2. The zero-order valence-corrected chi connectivity index (χ0v) is 14.4. The number of fused-ring (bicyclic) bond motifs is 1. The number of carboxylic acid groups (broad SMARTS) is 1. The molecule has 0 amide bonds. The monoisotopic (exact) mass is 361 g/mol. The number of aromatic carboxylic acids is 1. The highest BCUT2D eigenvalue weighted by molar-refractivity contribution is 7.17. The third kappa shape index (κ3) is 2.91. The first-order valence-electron chi connectivity index (χ1n) is 7.96. The fourth-order valence-corrected chi connectivity index (χ4v) is 3.76. The second-order valence-corrected chi connectivity index (χ2v) is 6.72. The van der Waals surface area contributed by atoms with Crippen LogP contribution in [0, 0.1) is 0 Å². The lowest BCUT2D eigenvalue weighted by atomic mass is 10.1. The molecule has 0 spiro atoms. The highest BCUT2D eigenvalue weighted by atomic mass is 32.1. The first-order valence-corrected chi connectivity index (χ1v) is 8.84. The molecular weight excluding hydrogens is 348 g/mol. The lowest BCUT2D eigenvalue weighted by molar-refractivity contribution is -0.255. The van der Waals surface area contributed by atoms with Gasteiger partial charge in [0.2, 0.25) is 0 Å². The topological polar surface area (TPSA) is 75.0 Å². The molecule has 6 heteroatoms. The van der Waals surface area contributed by atoms with E-state index in [4.69, 9.17) is 0 Å². The Balaban J connectivity index is 1.76. The second-order valence-electron chi connectivity index (χ2n) is 5.86. The number of thiophene rings is 1. The van der Waals surface area contributed by atoms with Crippen LogP contribution in [0.1, 0.15) is 15.9 Å². The molecule has 0 aliphatic rings. The van der Waals surface area contributed by atoms with E-state index in [1.807, 2.05) is 35.7 Å². The van der Waals surface area contributed by atoms with E-state index in [-0.39, 0.29) is 11.1 Å². The van der Waals surface area contributed by atoms with Crippen LogP contribution in [0.15, 0.2) is 71.1 Å². The Morgan fingerprint density at radius 2 is 1.81 bits per heavy atom. The van der Waals surface area contributed by atoms with Crippen molar-refractivity contribution in [1.29, 1.82) is 0 Å². The first kappa shape index (κ1) is 16.2. The largest absolute Gasteiger partial charge is 0.545 e. The van der Waals surface area contributed by atoms with E-state index in [1.54, 1.807) is 12.1 Å². The average Bonchev–Trinajstić information content (AvgIpc) is 3.10. The van der Waals surface area contributed by atoms with Gasteiger partial charge in [0, 0.05) is 10.9 Å². The van der Waals surface area contributed by atoms with Gasteiger partial charge in [-0.15, -0.1) is 11.3 Å².